The second-order valence-electron chi connectivity index (χ2n) is 3.64. The van der Waals surface area contributed by atoms with E-state index in [1.54, 1.807) is 12.1 Å². The summed E-state index contributed by atoms with van der Waals surface area (Å²) in [5.74, 6) is 0.482. The molecule has 90 valence electrons. The van der Waals surface area contributed by atoms with Gasteiger partial charge in [0.05, 0.1) is 12.3 Å². The van der Waals surface area contributed by atoms with Crippen LogP contribution in [0, 0.1) is 11.3 Å². The molecule has 0 saturated carbocycles. The number of hydrogen-bond donors (Lipinski definition) is 1. The van der Waals surface area contributed by atoms with Gasteiger partial charge in [0.1, 0.15) is 5.76 Å². The predicted molar refractivity (Wildman–Crippen MR) is 64.7 cm³/mol. The molecule has 2 aromatic rings. The van der Waals surface area contributed by atoms with Gasteiger partial charge in [0.25, 0.3) is 0 Å². The molecule has 0 spiro atoms. The van der Waals surface area contributed by atoms with Gasteiger partial charge in [-0.15, -0.1) is 0 Å². The number of furan rings is 1. The minimum Gasteiger partial charge on any atom is -0.466 e. The van der Waals surface area contributed by atoms with Gasteiger partial charge in [-0.1, -0.05) is 12.1 Å². The molecule has 6 heteroatoms. The fourth-order valence-corrected chi connectivity index (χ4v) is 1.51. The quantitative estimate of drug-likeness (QED) is 0.843. The van der Waals surface area contributed by atoms with E-state index >= 15 is 0 Å². The number of rotatable bonds is 4. The summed E-state index contributed by atoms with van der Waals surface area (Å²) < 4.78 is 29.8. The van der Waals surface area contributed by atoms with E-state index in [1.165, 1.54) is 30.5 Å². The van der Waals surface area contributed by atoms with Crippen molar-refractivity contribution in [2.75, 3.05) is 5.32 Å². The monoisotopic (exact) mass is 246 g/mol. The van der Waals surface area contributed by atoms with Crippen molar-refractivity contribution in [2.24, 2.45) is 0 Å². The molecule has 0 bridgehead atoms. The summed E-state index contributed by atoms with van der Waals surface area (Å²) >= 11 is 0. The van der Waals surface area contributed by atoms with Crippen LogP contribution in [0.2, 0.25) is 0 Å². The highest BCUT2D eigenvalue weighted by Gasteiger charge is 2.16. The maximum atomic E-state index is 12.4. The lowest BCUT2D eigenvalue weighted by Crippen LogP contribution is -2.20. The molecule has 0 fully saturated rings. The van der Waals surface area contributed by atoms with Gasteiger partial charge in [0.2, 0.25) is 0 Å². The Kier molecular flexibility index (Phi) is 3.63. The predicted octanol–water partition coefficient (Wildman–Crippen LogP) is 2.59. The Labute approximate surface area is 103 Å². The van der Waals surface area contributed by atoms with E-state index in [2.05, 4.69) is 5.32 Å². The molecule has 0 saturated heterocycles. The van der Waals surface area contributed by atoms with Crippen LogP contribution in [0.1, 0.15) is 11.8 Å². The maximum absolute atomic E-state index is 12.4. The second-order valence-corrected chi connectivity index (χ2v) is 3.64. The number of hydrogen-bond acceptors (Lipinski definition) is 3. The number of nitrogens with one attached hydrogen (secondary N) is 1. The van der Waals surface area contributed by atoms with Crippen molar-refractivity contribution < 1.29 is 13.0 Å². The Balaban J connectivity index is 2.11. The van der Waals surface area contributed by atoms with E-state index in [0.29, 0.717) is 11.4 Å². The van der Waals surface area contributed by atoms with Crippen LogP contribution in [0.4, 0.5) is 14.3 Å². The zero-order valence-corrected chi connectivity index (χ0v) is 9.31. The highest BCUT2D eigenvalue weighted by molar-refractivity contribution is 6.59. The van der Waals surface area contributed by atoms with Crippen molar-refractivity contribution >= 4 is 18.4 Å². The van der Waals surface area contributed by atoms with Crippen LogP contribution >= 0.6 is 0 Å². The molecule has 1 aromatic carbocycles. The Morgan fingerprint density at radius 2 is 1.94 bits per heavy atom. The van der Waals surface area contributed by atoms with Crippen LogP contribution in [0.5, 0.6) is 0 Å². The summed E-state index contributed by atoms with van der Waals surface area (Å²) in [6.07, 6.45) is 1.47. The van der Waals surface area contributed by atoms with Crippen molar-refractivity contribution in [3.63, 3.8) is 0 Å². The van der Waals surface area contributed by atoms with Gasteiger partial charge in [0, 0.05) is 5.69 Å². The number of nitriles is 1. The normalized spacial score (nSPS) is 11.6. The summed E-state index contributed by atoms with van der Waals surface area (Å²) in [6.45, 7) is 0. The van der Waals surface area contributed by atoms with Crippen molar-refractivity contribution in [3.05, 3.63) is 48.4 Å². The fraction of sp³-hybridized carbons (Fsp3) is 0.0833. The van der Waals surface area contributed by atoms with E-state index in [0.717, 1.165) is 0 Å². The Hall–Kier alpha value is -2.29. The number of nitrogens with zero attached hydrogens (tertiary/aromatic N) is 1. The van der Waals surface area contributed by atoms with Crippen molar-refractivity contribution in [2.45, 2.75) is 6.04 Å². The van der Waals surface area contributed by atoms with Gasteiger partial charge in [-0.05, 0) is 29.7 Å². The zero-order chi connectivity index (χ0) is 13.0. The van der Waals surface area contributed by atoms with Crippen LogP contribution in [0.25, 0.3) is 0 Å². The van der Waals surface area contributed by atoms with Crippen molar-refractivity contribution in [3.8, 4) is 6.07 Å². The van der Waals surface area contributed by atoms with Gasteiger partial charge in [-0.2, -0.15) is 5.26 Å². The summed E-state index contributed by atoms with van der Waals surface area (Å²) in [5, 5.41) is 11.9. The Bertz CT molecular complexity index is 534. The van der Waals surface area contributed by atoms with E-state index in [-0.39, 0.29) is 5.46 Å². The van der Waals surface area contributed by atoms with E-state index in [9.17, 15) is 8.63 Å². The molecule has 1 heterocycles. The Morgan fingerprint density at radius 3 is 2.44 bits per heavy atom. The molecule has 0 radical (unpaired) electrons. The van der Waals surface area contributed by atoms with Crippen LogP contribution in [0.3, 0.4) is 0 Å². The van der Waals surface area contributed by atoms with Gasteiger partial charge in [-0.3, -0.25) is 8.63 Å². The maximum Gasteiger partial charge on any atom is 0.571 e. The molecule has 1 aromatic heterocycles. The molecule has 2 rings (SSSR count). The first-order chi connectivity index (χ1) is 8.70. The highest BCUT2D eigenvalue weighted by Crippen LogP contribution is 2.18. The van der Waals surface area contributed by atoms with Crippen molar-refractivity contribution in [1.29, 1.82) is 5.26 Å². The molecule has 0 amide bonds. The zero-order valence-electron chi connectivity index (χ0n) is 9.31. The van der Waals surface area contributed by atoms with Crippen molar-refractivity contribution in [1.82, 2.24) is 0 Å². The number of halogens is 2. The standard InChI is InChI=1S/C12H9BF2N2O/c14-13(15)9-3-5-10(6-4-9)17-11(8-16)12-2-1-7-18-12/h1-7,11,17H. The van der Waals surface area contributed by atoms with Gasteiger partial charge in [-0.25, -0.2) is 0 Å². The third-order valence-corrected chi connectivity index (χ3v) is 2.43. The van der Waals surface area contributed by atoms with Gasteiger partial charge < -0.3 is 9.73 Å². The highest BCUT2D eigenvalue weighted by atomic mass is 19.2. The average Bonchev–Trinajstić information content (AvgIpc) is 2.90. The lowest BCUT2D eigenvalue weighted by Gasteiger charge is -2.10. The summed E-state index contributed by atoms with van der Waals surface area (Å²) in [7, 11) is -2.49. The Morgan fingerprint density at radius 1 is 1.22 bits per heavy atom. The lowest BCUT2D eigenvalue weighted by atomic mass is 9.86. The summed E-state index contributed by atoms with van der Waals surface area (Å²) in [4.78, 5) is 0. The largest absolute Gasteiger partial charge is 0.571 e. The topological polar surface area (TPSA) is 49.0 Å². The molecule has 1 atom stereocenters. The number of benzene rings is 1. The first-order valence-electron chi connectivity index (χ1n) is 5.28. The first-order valence-corrected chi connectivity index (χ1v) is 5.28. The van der Waals surface area contributed by atoms with E-state index in [4.69, 9.17) is 9.68 Å². The molecule has 3 nitrogen and oxygen atoms in total. The molecule has 1 unspecified atom stereocenters. The molecule has 0 aliphatic rings. The number of anilines is 1. The second kappa shape index (κ2) is 5.36. The van der Waals surface area contributed by atoms with Crippen LogP contribution in [-0.2, 0) is 0 Å². The smallest absolute Gasteiger partial charge is 0.466 e. The molecule has 18 heavy (non-hydrogen) atoms. The van der Waals surface area contributed by atoms with Crippen LogP contribution in [0.15, 0.2) is 47.1 Å². The van der Waals surface area contributed by atoms with Crippen LogP contribution in [-0.4, -0.2) is 7.27 Å². The van der Waals surface area contributed by atoms with Gasteiger partial charge in [0.15, 0.2) is 6.04 Å². The van der Waals surface area contributed by atoms with Crippen LogP contribution < -0.4 is 10.8 Å². The SMILES string of the molecule is N#CC(Nc1ccc(B(F)F)cc1)c1ccco1. The third-order valence-electron chi connectivity index (χ3n) is 2.43. The van der Waals surface area contributed by atoms with E-state index < -0.39 is 13.3 Å². The third kappa shape index (κ3) is 2.69. The molecule has 0 aliphatic carbocycles. The molecular formula is C12H9BF2N2O. The minimum absolute atomic E-state index is 0.0490. The fourth-order valence-electron chi connectivity index (χ4n) is 1.51. The molecule has 0 aliphatic heterocycles. The van der Waals surface area contributed by atoms with Gasteiger partial charge >= 0.3 is 7.27 Å². The minimum atomic E-state index is -2.49. The molecule has 1 N–H and O–H groups in total. The average molecular weight is 246 g/mol. The lowest BCUT2D eigenvalue weighted by molar-refractivity contribution is 0.505. The summed E-state index contributed by atoms with van der Waals surface area (Å²) in [5.41, 5.74) is 0.536. The first kappa shape index (κ1) is 12.2. The van der Waals surface area contributed by atoms with E-state index in [1.807, 2.05) is 6.07 Å². The molecular weight excluding hydrogens is 237 g/mol. The summed E-state index contributed by atoms with van der Waals surface area (Å²) in [6, 6.07) is 10.4.